The molecule has 2 saturated carbocycles. The minimum absolute atomic E-state index is 0.152. The summed E-state index contributed by atoms with van der Waals surface area (Å²) in [7, 11) is 0. The quantitative estimate of drug-likeness (QED) is 0.548. The number of epoxide rings is 1. The molecular formula is C18H32O5. The third kappa shape index (κ3) is 5.68. The third-order valence-electron chi connectivity index (χ3n) is 5.38. The molecule has 7 atom stereocenters. The number of hydrogen-bond donors (Lipinski definition) is 1. The summed E-state index contributed by atoms with van der Waals surface area (Å²) >= 11 is 0. The average molecular weight is 328 g/mol. The lowest BCUT2D eigenvalue weighted by Gasteiger charge is -2.28. The van der Waals surface area contributed by atoms with Crippen molar-refractivity contribution in [2.45, 2.75) is 89.7 Å². The molecule has 0 bridgehead atoms. The molecule has 7 unspecified atom stereocenters. The lowest BCUT2D eigenvalue weighted by molar-refractivity contribution is -0.238. The van der Waals surface area contributed by atoms with E-state index in [0.717, 1.165) is 38.7 Å². The van der Waals surface area contributed by atoms with Gasteiger partial charge in [0.15, 0.2) is 12.6 Å². The number of fused-ring (bicyclic) bond motifs is 1. The van der Waals surface area contributed by atoms with Crippen molar-refractivity contribution in [1.29, 1.82) is 0 Å². The zero-order valence-corrected chi connectivity index (χ0v) is 14.5. The summed E-state index contributed by atoms with van der Waals surface area (Å²) in [6.45, 7) is 5.26. The summed E-state index contributed by atoms with van der Waals surface area (Å²) in [5, 5.41) is 9.69. The van der Waals surface area contributed by atoms with Crippen molar-refractivity contribution in [2.75, 3.05) is 13.2 Å². The van der Waals surface area contributed by atoms with Gasteiger partial charge in [0.2, 0.25) is 0 Å². The molecule has 0 aromatic carbocycles. The predicted octanol–water partition coefficient (Wildman–Crippen LogP) is 2.85. The number of ether oxygens (including phenoxy) is 4. The second kappa shape index (κ2) is 8.26. The van der Waals surface area contributed by atoms with Crippen LogP contribution in [-0.2, 0) is 18.9 Å². The van der Waals surface area contributed by atoms with Crippen molar-refractivity contribution >= 4 is 0 Å². The zero-order valence-electron chi connectivity index (χ0n) is 14.5. The van der Waals surface area contributed by atoms with Crippen molar-refractivity contribution in [2.24, 2.45) is 11.8 Å². The van der Waals surface area contributed by atoms with E-state index in [1.807, 2.05) is 13.8 Å². The fourth-order valence-electron chi connectivity index (χ4n) is 3.94. The van der Waals surface area contributed by atoms with Crippen molar-refractivity contribution in [3.8, 4) is 0 Å². The maximum Gasteiger partial charge on any atom is 0.157 e. The fraction of sp³-hybridized carbons (Fsp3) is 1.00. The van der Waals surface area contributed by atoms with Gasteiger partial charge in [-0.3, -0.25) is 0 Å². The van der Waals surface area contributed by atoms with Crippen LogP contribution in [0.3, 0.4) is 0 Å². The lowest BCUT2D eigenvalue weighted by atomic mass is 9.88. The number of aliphatic hydroxyl groups is 1. The molecule has 134 valence electrons. The molecule has 0 aromatic rings. The van der Waals surface area contributed by atoms with Gasteiger partial charge >= 0.3 is 0 Å². The summed E-state index contributed by atoms with van der Waals surface area (Å²) in [5.41, 5.74) is 0. The molecule has 1 heterocycles. The highest BCUT2D eigenvalue weighted by molar-refractivity contribution is 4.91. The maximum absolute atomic E-state index is 9.69. The molecule has 3 fully saturated rings. The van der Waals surface area contributed by atoms with Gasteiger partial charge in [-0.15, -0.1) is 0 Å². The summed E-state index contributed by atoms with van der Waals surface area (Å²) in [6.07, 6.45) is 7.91. The zero-order chi connectivity index (χ0) is 16.2. The van der Waals surface area contributed by atoms with Gasteiger partial charge in [0.1, 0.15) is 0 Å². The van der Waals surface area contributed by atoms with Crippen LogP contribution >= 0.6 is 0 Å². The Morgan fingerprint density at radius 3 is 2.26 bits per heavy atom. The van der Waals surface area contributed by atoms with E-state index in [4.69, 9.17) is 18.9 Å². The van der Waals surface area contributed by atoms with E-state index in [1.54, 1.807) is 0 Å². The molecule has 1 N–H and O–H groups in total. The normalized spacial score (nSPS) is 39.5. The van der Waals surface area contributed by atoms with Crippen LogP contribution in [-0.4, -0.2) is 49.2 Å². The number of aliphatic hydroxyl groups excluding tert-OH is 1. The van der Waals surface area contributed by atoms with E-state index >= 15 is 0 Å². The summed E-state index contributed by atoms with van der Waals surface area (Å²) in [4.78, 5) is 0. The Morgan fingerprint density at radius 2 is 1.61 bits per heavy atom. The van der Waals surface area contributed by atoms with Crippen LogP contribution < -0.4 is 0 Å². The van der Waals surface area contributed by atoms with Gasteiger partial charge in [0, 0.05) is 0 Å². The number of rotatable bonds is 8. The van der Waals surface area contributed by atoms with Crippen LogP contribution in [0.25, 0.3) is 0 Å². The van der Waals surface area contributed by atoms with Crippen LogP contribution in [0.15, 0.2) is 0 Å². The summed E-state index contributed by atoms with van der Waals surface area (Å²) in [5.74, 6) is 1.06. The van der Waals surface area contributed by atoms with Gasteiger partial charge in [0.25, 0.3) is 0 Å². The fourth-order valence-corrected chi connectivity index (χ4v) is 3.94. The second-order valence-electron chi connectivity index (χ2n) is 7.52. The first-order valence-corrected chi connectivity index (χ1v) is 9.32. The maximum atomic E-state index is 9.69. The van der Waals surface area contributed by atoms with Gasteiger partial charge in [-0.2, -0.15) is 0 Å². The highest BCUT2D eigenvalue weighted by atomic mass is 16.8. The van der Waals surface area contributed by atoms with Gasteiger partial charge in [-0.1, -0.05) is 6.42 Å². The van der Waals surface area contributed by atoms with E-state index in [9.17, 15) is 5.11 Å². The molecule has 0 aromatic heterocycles. The van der Waals surface area contributed by atoms with E-state index in [0.29, 0.717) is 30.7 Å². The Kier molecular flexibility index (Phi) is 6.32. The largest absolute Gasteiger partial charge is 0.393 e. The first kappa shape index (κ1) is 17.6. The van der Waals surface area contributed by atoms with E-state index in [2.05, 4.69) is 0 Å². The Morgan fingerprint density at radius 1 is 0.913 bits per heavy atom. The molecule has 5 heteroatoms. The molecule has 0 radical (unpaired) electrons. The van der Waals surface area contributed by atoms with Crippen molar-refractivity contribution in [1.82, 2.24) is 0 Å². The molecule has 0 amide bonds. The van der Waals surface area contributed by atoms with Crippen LogP contribution in [0.5, 0.6) is 0 Å². The average Bonchev–Trinajstić information content (AvgIpc) is 3.30. The Balaban J connectivity index is 1.25. The van der Waals surface area contributed by atoms with Gasteiger partial charge in [-0.25, -0.2) is 0 Å². The van der Waals surface area contributed by atoms with Gasteiger partial charge in [0.05, 0.1) is 31.5 Å². The van der Waals surface area contributed by atoms with Crippen molar-refractivity contribution in [3.05, 3.63) is 0 Å². The highest BCUT2D eigenvalue weighted by Gasteiger charge is 2.43. The minimum atomic E-state index is -0.272. The first-order valence-electron chi connectivity index (χ1n) is 9.32. The van der Waals surface area contributed by atoms with E-state index in [-0.39, 0.29) is 18.7 Å². The molecule has 1 saturated heterocycles. The Bertz CT molecular complexity index is 349. The molecule has 2 aliphatic carbocycles. The minimum Gasteiger partial charge on any atom is -0.393 e. The third-order valence-corrected chi connectivity index (χ3v) is 5.38. The first-order chi connectivity index (χ1) is 11.1. The van der Waals surface area contributed by atoms with Crippen molar-refractivity contribution < 1.29 is 24.1 Å². The van der Waals surface area contributed by atoms with E-state index < -0.39 is 0 Å². The molecular weight excluding hydrogens is 296 g/mol. The molecule has 23 heavy (non-hydrogen) atoms. The Labute approximate surface area is 139 Å². The molecule has 5 nitrogen and oxygen atoms in total. The van der Waals surface area contributed by atoms with Crippen LogP contribution in [0, 0.1) is 11.8 Å². The van der Waals surface area contributed by atoms with Crippen LogP contribution in [0.1, 0.15) is 58.8 Å². The predicted molar refractivity (Wildman–Crippen MR) is 85.9 cm³/mol. The molecule has 3 rings (SSSR count). The van der Waals surface area contributed by atoms with Gasteiger partial charge in [-0.05, 0) is 64.2 Å². The molecule has 1 aliphatic heterocycles. The van der Waals surface area contributed by atoms with Crippen LogP contribution in [0.4, 0.5) is 0 Å². The summed E-state index contributed by atoms with van der Waals surface area (Å²) < 4.78 is 22.9. The highest BCUT2D eigenvalue weighted by Crippen LogP contribution is 2.39. The standard InChI is InChI=1S/C18H32O5/c1-12(20-10-14-4-3-5-16(19)8-14)22-13(2)21-11-15-6-7-17-18(9-15)23-17/h12-19H,3-11H2,1-2H3. The summed E-state index contributed by atoms with van der Waals surface area (Å²) in [6, 6.07) is 0. The SMILES string of the molecule is CC(OCC1CCCC(O)C1)OC(C)OCC1CCC2OC2C1. The topological polar surface area (TPSA) is 60.5 Å². The van der Waals surface area contributed by atoms with Gasteiger partial charge < -0.3 is 24.1 Å². The van der Waals surface area contributed by atoms with Crippen molar-refractivity contribution in [3.63, 3.8) is 0 Å². The second-order valence-corrected chi connectivity index (χ2v) is 7.52. The smallest absolute Gasteiger partial charge is 0.157 e. The van der Waals surface area contributed by atoms with Crippen LogP contribution in [0.2, 0.25) is 0 Å². The monoisotopic (exact) mass is 328 g/mol. The lowest BCUT2D eigenvalue weighted by Crippen LogP contribution is -2.29. The molecule has 0 spiro atoms. The molecule has 3 aliphatic rings. The number of hydrogen-bond acceptors (Lipinski definition) is 5. The Hall–Kier alpha value is -0.200. The van der Waals surface area contributed by atoms with E-state index in [1.165, 1.54) is 12.8 Å².